The summed E-state index contributed by atoms with van der Waals surface area (Å²) in [5.41, 5.74) is 1.96. The number of benzene rings is 1. The number of carbonyl (C=O) groups excluding carboxylic acids is 2. The zero-order valence-electron chi connectivity index (χ0n) is 15.0. The molecule has 0 aliphatic heterocycles. The molecule has 1 unspecified atom stereocenters. The van der Waals surface area contributed by atoms with Crippen LogP contribution < -0.4 is 11.0 Å². The standard InChI is InChI=1S/C18H18N4O5/c1-10-8-15(27-21-10)20-16(23)12(3)26-17(24)13-4-6-14(7-5-13)22-11(2)9-19-18(22)25/h4-9,12H,1-3H3,(H,19,25)(H,20,23). The van der Waals surface area contributed by atoms with Crippen molar-refractivity contribution < 1.29 is 18.8 Å². The minimum absolute atomic E-state index is 0.178. The van der Waals surface area contributed by atoms with Crippen LogP contribution in [0.1, 0.15) is 28.7 Å². The van der Waals surface area contributed by atoms with Gasteiger partial charge < -0.3 is 14.2 Å². The first kappa shape index (κ1) is 18.2. The Morgan fingerprint density at radius 2 is 1.96 bits per heavy atom. The number of hydrogen-bond donors (Lipinski definition) is 2. The third kappa shape index (κ3) is 3.97. The summed E-state index contributed by atoms with van der Waals surface area (Å²) in [6.07, 6.45) is 0.568. The predicted molar refractivity (Wildman–Crippen MR) is 95.9 cm³/mol. The van der Waals surface area contributed by atoms with E-state index in [2.05, 4.69) is 15.5 Å². The second-order valence-electron chi connectivity index (χ2n) is 5.99. The third-order valence-electron chi connectivity index (χ3n) is 3.85. The average molecular weight is 370 g/mol. The normalized spacial score (nSPS) is 11.8. The van der Waals surface area contributed by atoms with Crippen molar-refractivity contribution in [3.8, 4) is 5.69 Å². The quantitative estimate of drug-likeness (QED) is 0.663. The van der Waals surface area contributed by atoms with E-state index < -0.39 is 18.0 Å². The molecule has 140 valence electrons. The van der Waals surface area contributed by atoms with Crippen LogP contribution in [0.2, 0.25) is 0 Å². The summed E-state index contributed by atoms with van der Waals surface area (Å²) in [4.78, 5) is 38.7. The third-order valence-corrected chi connectivity index (χ3v) is 3.85. The van der Waals surface area contributed by atoms with Gasteiger partial charge >= 0.3 is 11.7 Å². The summed E-state index contributed by atoms with van der Waals surface area (Å²) in [6, 6.07) is 7.86. The zero-order chi connectivity index (χ0) is 19.6. The summed E-state index contributed by atoms with van der Waals surface area (Å²) in [5, 5.41) is 6.13. The molecule has 0 aliphatic carbocycles. The first-order valence-electron chi connectivity index (χ1n) is 8.18. The number of esters is 1. The van der Waals surface area contributed by atoms with Crippen LogP contribution in [0.4, 0.5) is 5.88 Å². The minimum atomic E-state index is -1.03. The van der Waals surface area contributed by atoms with Crippen molar-refractivity contribution in [3.05, 3.63) is 64.0 Å². The molecule has 0 aliphatic rings. The summed E-state index contributed by atoms with van der Waals surface area (Å²) in [7, 11) is 0. The fourth-order valence-corrected chi connectivity index (χ4v) is 2.45. The number of ether oxygens (including phenoxy) is 1. The van der Waals surface area contributed by atoms with E-state index in [4.69, 9.17) is 9.26 Å². The largest absolute Gasteiger partial charge is 0.449 e. The van der Waals surface area contributed by atoms with Crippen LogP contribution in [0.25, 0.3) is 5.69 Å². The van der Waals surface area contributed by atoms with E-state index in [9.17, 15) is 14.4 Å². The molecular weight excluding hydrogens is 352 g/mol. The van der Waals surface area contributed by atoms with Gasteiger partial charge in [-0.05, 0) is 45.0 Å². The highest BCUT2D eigenvalue weighted by Gasteiger charge is 2.20. The summed E-state index contributed by atoms with van der Waals surface area (Å²) >= 11 is 0. The van der Waals surface area contributed by atoms with Gasteiger partial charge in [0.15, 0.2) is 6.10 Å². The van der Waals surface area contributed by atoms with E-state index in [0.717, 1.165) is 5.69 Å². The summed E-state index contributed by atoms with van der Waals surface area (Å²) in [5.74, 6) is -1.02. The number of nitrogens with one attached hydrogen (secondary N) is 2. The number of aryl methyl sites for hydroxylation is 2. The van der Waals surface area contributed by atoms with Crippen molar-refractivity contribution in [2.45, 2.75) is 26.9 Å². The van der Waals surface area contributed by atoms with Crippen molar-refractivity contribution in [3.63, 3.8) is 0 Å². The lowest BCUT2D eigenvalue weighted by Gasteiger charge is -2.12. The number of nitrogens with zero attached hydrogens (tertiary/aromatic N) is 2. The first-order valence-corrected chi connectivity index (χ1v) is 8.18. The lowest BCUT2D eigenvalue weighted by molar-refractivity contribution is -0.123. The Kier molecular flexibility index (Phi) is 4.93. The predicted octanol–water partition coefficient (Wildman–Crippen LogP) is 1.95. The van der Waals surface area contributed by atoms with E-state index in [0.29, 0.717) is 11.4 Å². The van der Waals surface area contributed by atoms with Crippen LogP contribution in [-0.4, -0.2) is 32.7 Å². The Bertz CT molecular complexity index is 1030. The van der Waals surface area contributed by atoms with E-state index in [1.54, 1.807) is 38.2 Å². The van der Waals surface area contributed by atoms with Gasteiger partial charge in [0.2, 0.25) is 5.88 Å². The fraction of sp³-hybridized carbons (Fsp3) is 0.222. The molecule has 0 saturated carbocycles. The van der Waals surface area contributed by atoms with E-state index >= 15 is 0 Å². The molecule has 2 aromatic heterocycles. The van der Waals surface area contributed by atoms with Crippen molar-refractivity contribution in [2.24, 2.45) is 0 Å². The van der Waals surface area contributed by atoms with Gasteiger partial charge in [0.1, 0.15) is 0 Å². The highest BCUT2D eigenvalue weighted by atomic mass is 16.5. The molecule has 1 atom stereocenters. The first-order chi connectivity index (χ1) is 12.8. The van der Waals surface area contributed by atoms with Crippen LogP contribution >= 0.6 is 0 Å². The molecule has 9 heteroatoms. The van der Waals surface area contributed by atoms with Crippen LogP contribution in [0.3, 0.4) is 0 Å². The van der Waals surface area contributed by atoms with E-state index in [-0.39, 0.29) is 17.1 Å². The van der Waals surface area contributed by atoms with Gasteiger partial charge in [-0.25, -0.2) is 9.59 Å². The van der Waals surface area contributed by atoms with Gasteiger partial charge in [-0.1, -0.05) is 5.16 Å². The molecule has 9 nitrogen and oxygen atoms in total. The molecule has 2 heterocycles. The molecule has 1 aromatic carbocycles. The molecule has 0 bridgehead atoms. The Labute approximate surface area is 153 Å². The number of aromatic nitrogens is 3. The zero-order valence-corrected chi connectivity index (χ0v) is 15.0. The van der Waals surface area contributed by atoms with Gasteiger partial charge in [0.05, 0.1) is 16.9 Å². The molecule has 3 rings (SSSR count). The summed E-state index contributed by atoms with van der Waals surface area (Å²) in [6.45, 7) is 4.96. The minimum Gasteiger partial charge on any atom is -0.449 e. The van der Waals surface area contributed by atoms with Gasteiger partial charge in [-0.15, -0.1) is 0 Å². The van der Waals surface area contributed by atoms with Crippen LogP contribution in [0.15, 0.2) is 45.8 Å². The maximum absolute atomic E-state index is 12.2. The number of rotatable bonds is 5. The smallest absolute Gasteiger partial charge is 0.338 e. The molecule has 0 radical (unpaired) electrons. The average Bonchev–Trinajstić information content (AvgIpc) is 3.19. The van der Waals surface area contributed by atoms with Crippen molar-refractivity contribution in [2.75, 3.05) is 5.32 Å². The van der Waals surface area contributed by atoms with Gasteiger partial charge in [0, 0.05) is 18.0 Å². The molecular formula is C18H18N4O5. The molecule has 0 fully saturated rings. The monoisotopic (exact) mass is 370 g/mol. The van der Waals surface area contributed by atoms with Crippen molar-refractivity contribution in [1.29, 1.82) is 0 Å². The number of H-pyrrole nitrogens is 1. The maximum Gasteiger partial charge on any atom is 0.338 e. The Morgan fingerprint density at radius 1 is 1.26 bits per heavy atom. The molecule has 1 amide bonds. The lowest BCUT2D eigenvalue weighted by Crippen LogP contribution is -2.29. The van der Waals surface area contributed by atoms with Crippen molar-refractivity contribution >= 4 is 17.8 Å². The van der Waals surface area contributed by atoms with E-state index in [1.165, 1.54) is 23.6 Å². The van der Waals surface area contributed by atoms with Crippen molar-refractivity contribution in [1.82, 2.24) is 14.7 Å². The lowest BCUT2D eigenvalue weighted by atomic mass is 10.2. The molecule has 0 saturated heterocycles. The molecule has 0 spiro atoms. The topological polar surface area (TPSA) is 119 Å². The molecule has 3 aromatic rings. The van der Waals surface area contributed by atoms with Gasteiger partial charge in [0.25, 0.3) is 5.91 Å². The number of imidazole rings is 1. The van der Waals surface area contributed by atoms with Crippen LogP contribution in [0.5, 0.6) is 0 Å². The SMILES string of the molecule is Cc1cc(NC(=O)C(C)OC(=O)c2ccc(-n3c(C)c[nH]c3=O)cc2)on1. The number of amides is 1. The second kappa shape index (κ2) is 7.32. The van der Waals surface area contributed by atoms with Crippen LogP contribution in [0, 0.1) is 13.8 Å². The Hall–Kier alpha value is -3.62. The highest BCUT2D eigenvalue weighted by Crippen LogP contribution is 2.13. The van der Waals surface area contributed by atoms with Gasteiger partial charge in [-0.3, -0.25) is 14.7 Å². The summed E-state index contributed by atoms with van der Waals surface area (Å²) < 4.78 is 11.5. The maximum atomic E-state index is 12.2. The highest BCUT2D eigenvalue weighted by molar-refractivity contribution is 5.96. The number of carbonyl (C=O) groups is 2. The molecule has 27 heavy (non-hydrogen) atoms. The number of aromatic amines is 1. The van der Waals surface area contributed by atoms with Crippen LogP contribution in [-0.2, 0) is 9.53 Å². The number of hydrogen-bond acceptors (Lipinski definition) is 6. The molecule has 2 N–H and O–H groups in total. The number of anilines is 1. The van der Waals surface area contributed by atoms with E-state index in [1.807, 2.05) is 0 Å². The van der Waals surface area contributed by atoms with Gasteiger partial charge in [-0.2, -0.15) is 0 Å². The Balaban J connectivity index is 1.65. The fourth-order valence-electron chi connectivity index (χ4n) is 2.45. The second-order valence-corrected chi connectivity index (χ2v) is 5.99. The Morgan fingerprint density at radius 3 is 2.52 bits per heavy atom.